The van der Waals surface area contributed by atoms with Gasteiger partial charge in [-0.3, -0.25) is 9.59 Å². The van der Waals surface area contributed by atoms with Crippen LogP contribution in [0.5, 0.6) is 0 Å². The Morgan fingerprint density at radius 2 is 1.94 bits per heavy atom. The zero-order valence-corrected chi connectivity index (χ0v) is 17.3. The van der Waals surface area contributed by atoms with Gasteiger partial charge in [-0.1, -0.05) is 0 Å². The van der Waals surface area contributed by atoms with E-state index in [0.717, 1.165) is 11.1 Å². The summed E-state index contributed by atoms with van der Waals surface area (Å²) in [6, 6.07) is 4.40. The molecule has 10 heteroatoms. The van der Waals surface area contributed by atoms with Crippen molar-refractivity contribution in [3.05, 3.63) is 47.7 Å². The first-order valence-corrected chi connectivity index (χ1v) is 10.0. The number of likely N-dealkylation sites (tertiary alicyclic amines) is 1. The maximum atomic E-state index is 13.7. The average Bonchev–Trinajstić information content (AvgIpc) is 3.10. The highest BCUT2D eigenvalue weighted by Gasteiger charge is 2.24. The van der Waals surface area contributed by atoms with Crippen molar-refractivity contribution in [3.8, 4) is 5.95 Å². The molecule has 0 atom stereocenters. The number of fused-ring (bicyclic) bond motifs is 1. The van der Waals surface area contributed by atoms with Crippen LogP contribution in [0.1, 0.15) is 28.9 Å². The van der Waals surface area contributed by atoms with E-state index in [1.54, 1.807) is 11.0 Å². The molecular formula is C21H23FN6O3. The van der Waals surface area contributed by atoms with Gasteiger partial charge in [0.1, 0.15) is 12.4 Å². The molecule has 1 aliphatic heterocycles. The van der Waals surface area contributed by atoms with Gasteiger partial charge in [0, 0.05) is 50.1 Å². The second kappa shape index (κ2) is 8.76. The smallest absolute Gasteiger partial charge is 0.254 e. The maximum Gasteiger partial charge on any atom is 0.254 e. The quantitative estimate of drug-likeness (QED) is 0.665. The van der Waals surface area contributed by atoms with Crippen LogP contribution >= 0.6 is 0 Å². The van der Waals surface area contributed by atoms with E-state index in [0.29, 0.717) is 37.0 Å². The number of amides is 2. The Morgan fingerprint density at radius 1 is 1.23 bits per heavy atom. The zero-order chi connectivity index (χ0) is 22.0. The van der Waals surface area contributed by atoms with Gasteiger partial charge in [0.25, 0.3) is 11.9 Å². The highest BCUT2D eigenvalue weighted by molar-refractivity contribution is 5.93. The van der Waals surface area contributed by atoms with Gasteiger partial charge >= 0.3 is 0 Å². The number of aromatic nitrogens is 4. The molecule has 0 saturated carbocycles. The molecule has 3 aromatic rings. The molecule has 4 rings (SSSR count). The molecule has 2 amide bonds. The Bertz CT molecular complexity index is 1110. The Labute approximate surface area is 178 Å². The van der Waals surface area contributed by atoms with Gasteiger partial charge in [-0.25, -0.2) is 14.4 Å². The van der Waals surface area contributed by atoms with E-state index in [2.05, 4.69) is 20.4 Å². The summed E-state index contributed by atoms with van der Waals surface area (Å²) in [6.45, 7) is 3.04. The van der Waals surface area contributed by atoms with Crippen molar-refractivity contribution in [2.75, 3.05) is 26.8 Å². The number of piperidine rings is 1. The second-order valence-electron chi connectivity index (χ2n) is 7.49. The first-order valence-electron chi connectivity index (χ1n) is 10.0. The summed E-state index contributed by atoms with van der Waals surface area (Å²) in [5.41, 5.74) is 1.61. The number of benzene rings is 1. The summed E-state index contributed by atoms with van der Waals surface area (Å²) in [5, 5.41) is 8.16. The molecule has 2 aromatic heterocycles. The first-order chi connectivity index (χ1) is 15.0. The minimum absolute atomic E-state index is 0.0283. The standard InChI is InChI=1S/C21H23FN6O3/c1-13-17-4-3-15(22)9-18(17)28(26-13)21-23-10-14(11-24-21)20(30)25-16-5-7-27(8-6-16)19(29)12-31-2/h3-4,9-11,16H,5-8,12H2,1-2H3,(H,25,30). The molecule has 31 heavy (non-hydrogen) atoms. The molecule has 1 aromatic carbocycles. The monoisotopic (exact) mass is 426 g/mol. The van der Waals surface area contributed by atoms with Crippen LogP contribution in [0.25, 0.3) is 16.9 Å². The molecule has 162 valence electrons. The number of hydrogen-bond donors (Lipinski definition) is 1. The van der Waals surface area contributed by atoms with Crippen molar-refractivity contribution in [3.63, 3.8) is 0 Å². The van der Waals surface area contributed by atoms with Crippen molar-refractivity contribution in [2.24, 2.45) is 0 Å². The van der Waals surface area contributed by atoms with E-state index in [1.807, 2.05) is 6.92 Å². The fraction of sp³-hybridized carbons (Fsp3) is 0.381. The molecule has 9 nitrogen and oxygen atoms in total. The Balaban J connectivity index is 1.42. The summed E-state index contributed by atoms with van der Waals surface area (Å²) >= 11 is 0. The van der Waals surface area contributed by atoms with Gasteiger partial charge in [0.15, 0.2) is 0 Å². The van der Waals surface area contributed by atoms with Crippen LogP contribution in [-0.4, -0.2) is 69.3 Å². The maximum absolute atomic E-state index is 13.7. The number of rotatable bonds is 5. The molecule has 1 N–H and O–H groups in total. The van der Waals surface area contributed by atoms with Crippen LogP contribution < -0.4 is 5.32 Å². The van der Waals surface area contributed by atoms with Gasteiger partial charge in [-0.2, -0.15) is 9.78 Å². The van der Waals surface area contributed by atoms with Gasteiger partial charge in [-0.15, -0.1) is 0 Å². The topological polar surface area (TPSA) is 102 Å². The van der Waals surface area contributed by atoms with Gasteiger partial charge in [-0.05, 0) is 31.9 Å². The average molecular weight is 426 g/mol. The number of aryl methyl sites for hydroxylation is 1. The Kier molecular flexibility index (Phi) is 5.90. The lowest BCUT2D eigenvalue weighted by Crippen LogP contribution is -2.47. The predicted octanol–water partition coefficient (Wildman–Crippen LogP) is 1.63. The third-order valence-electron chi connectivity index (χ3n) is 5.37. The van der Waals surface area contributed by atoms with Gasteiger partial charge < -0.3 is 15.0 Å². The fourth-order valence-electron chi connectivity index (χ4n) is 3.70. The Hall–Kier alpha value is -3.40. The molecule has 0 bridgehead atoms. The second-order valence-corrected chi connectivity index (χ2v) is 7.49. The fourth-order valence-corrected chi connectivity index (χ4v) is 3.70. The Morgan fingerprint density at radius 3 is 2.61 bits per heavy atom. The summed E-state index contributed by atoms with van der Waals surface area (Å²) in [4.78, 5) is 34.7. The highest BCUT2D eigenvalue weighted by Crippen LogP contribution is 2.21. The van der Waals surface area contributed by atoms with E-state index < -0.39 is 0 Å². The van der Waals surface area contributed by atoms with E-state index in [9.17, 15) is 14.0 Å². The molecule has 0 spiro atoms. The van der Waals surface area contributed by atoms with Crippen molar-refractivity contribution in [1.29, 1.82) is 0 Å². The largest absolute Gasteiger partial charge is 0.375 e. The normalized spacial score (nSPS) is 14.7. The third kappa shape index (κ3) is 4.38. The van der Waals surface area contributed by atoms with E-state index in [4.69, 9.17) is 4.74 Å². The highest BCUT2D eigenvalue weighted by atomic mass is 19.1. The van der Waals surface area contributed by atoms with Crippen molar-refractivity contribution in [2.45, 2.75) is 25.8 Å². The van der Waals surface area contributed by atoms with Gasteiger partial charge in [0.2, 0.25) is 5.91 Å². The number of methoxy groups -OCH3 is 1. The molecule has 1 fully saturated rings. The predicted molar refractivity (Wildman–Crippen MR) is 110 cm³/mol. The van der Waals surface area contributed by atoms with Gasteiger partial charge in [0.05, 0.1) is 16.8 Å². The van der Waals surface area contributed by atoms with E-state index in [-0.39, 0.29) is 36.2 Å². The minimum atomic E-state index is -0.375. The molecule has 1 aliphatic rings. The summed E-state index contributed by atoms with van der Waals surface area (Å²) in [7, 11) is 1.49. The van der Waals surface area contributed by atoms with Crippen LogP contribution in [0, 0.1) is 12.7 Å². The summed E-state index contributed by atoms with van der Waals surface area (Å²) in [5.74, 6) is -0.442. The van der Waals surface area contributed by atoms with Crippen molar-refractivity contribution < 1.29 is 18.7 Å². The molecule has 3 heterocycles. The number of halogens is 1. The molecular weight excluding hydrogens is 403 g/mol. The van der Waals surface area contributed by atoms with E-state index >= 15 is 0 Å². The van der Waals surface area contributed by atoms with Crippen LogP contribution in [-0.2, 0) is 9.53 Å². The summed E-state index contributed by atoms with van der Waals surface area (Å²) < 4.78 is 20.0. The first kappa shape index (κ1) is 20.9. The lowest BCUT2D eigenvalue weighted by atomic mass is 10.0. The number of hydrogen-bond acceptors (Lipinski definition) is 6. The molecule has 0 radical (unpaired) electrons. The molecule has 1 saturated heterocycles. The van der Waals surface area contributed by atoms with Crippen molar-refractivity contribution >= 4 is 22.7 Å². The minimum Gasteiger partial charge on any atom is -0.375 e. The SMILES string of the molecule is COCC(=O)N1CCC(NC(=O)c2cnc(-n3nc(C)c4ccc(F)cc43)nc2)CC1. The van der Waals surface area contributed by atoms with Crippen LogP contribution in [0.4, 0.5) is 4.39 Å². The molecule has 0 unspecified atom stereocenters. The number of carbonyl (C=O) groups excluding carboxylic acids is 2. The van der Waals surface area contributed by atoms with Crippen molar-refractivity contribution in [1.82, 2.24) is 30.0 Å². The van der Waals surface area contributed by atoms with E-state index in [1.165, 1.54) is 36.3 Å². The number of nitrogens with zero attached hydrogens (tertiary/aromatic N) is 5. The summed E-state index contributed by atoms with van der Waals surface area (Å²) in [6.07, 6.45) is 4.20. The number of nitrogens with one attached hydrogen (secondary N) is 1. The zero-order valence-electron chi connectivity index (χ0n) is 17.3. The van der Waals surface area contributed by atoms with Crippen LogP contribution in [0.15, 0.2) is 30.6 Å². The van der Waals surface area contributed by atoms with Crippen LogP contribution in [0.2, 0.25) is 0 Å². The molecule has 0 aliphatic carbocycles. The number of carbonyl (C=O) groups is 2. The lowest BCUT2D eigenvalue weighted by molar-refractivity contribution is -0.136. The van der Waals surface area contributed by atoms with Crippen LogP contribution in [0.3, 0.4) is 0 Å². The number of ether oxygens (including phenoxy) is 1. The third-order valence-corrected chi connectivity index (χ3v) is 5.37. The lowest BCUT2D eigenvalue weighted by Gasteiger charge is -2.32.